The SMILES string of the molecule is CCC(C)S(=O)(=O)OC1CCCC1. The fourth-order valence-corrected chi connectivity index (χ4v) is 2.64. The van der Waals surface area contributed by atoms with Gasteiger partial charge in [-0.3, -0.25) is 4.18 Å². The van der Waals surface area contributed by atoms with Crippen LogP contribution in [0.5, 0.6) is 0 Å². The zero-order chi connectivity index (χ0) is 9.90. The average Bonchev–Trinajstić information content (AvgIpc) is 2.54. The maximum Gasteiger partial charge on any atom is 0.270 e. The Balaban J connectivity index is 2.50. The van der Waals surface area contributed by atoms with Crippen molar-refractivity contribution >= 4 is 10.1 Å². The van der Waals surface area contributed by atoms with Gasteiger partial charge in [0, 0.05) is 0 Å². The van der Waals surface area contributed by atoms with Crippen molar-refractivity contribution in [2.24, 2.45) is 0 Å². The Hall–Kier alpha value is -0.0900. The van der Waals surface area contributed by atoms with Gasteiger partial charge in [0.1, 0.15) is 0 Å². The van der Waals surface area contributed by atoms with Crippen LogP contribution in [0.2, 0.25) is 0 Å². The molecule has 0 aromatic heterocycles. The summed E-state index contributed by atoms with van der Waals surface area (Å²) in [5.74, 6) is 0. The molecule has 0 aromatic carbocycles. The molecule has 4 heteroatoms. The number of hydrogen-bond acceptors (Lipinski definition) is 3. The van der Waals surface area contributed by atoms with E-state index in [4.69, 9.17) is 4.18 Å². The smallest absolute Gasteiger partial charge is 0.267 e. The second-order valence-electron chi connectivity index (χ2n) is 3.71. The first-order valence-electron chi connectivity index (χ1n) is 4.98. The van der Waals surface area contributed by atoms with Crippen LogP contribution in [0.25, 0.3) is 0 Å². The predicted octanol–water partition coefficient (Wildman–Crippen LogP) is 2.07. The van der Waals surface area contributed by atoms with E-state index < -0.39 is 10.1 Å². The minimum absolute atomic E-state index is 0.0426. The summed E-state index contributed by atoms with van der Waals surface area (Å²) in [5.41, 5.74) is 0. The van der Waals surface area contributed by atoms with Crippen molar-refractivity contribution in [3.8, 4) is 0 Å². The monoisotopic (exact) mass is 206 g/mol. The molecule has 0 N–H and O–H groups in total. The Morgan fingerprint density at radius 3 is 2.38 bits per heavy atom. The van der Waals surface area contributed by atoms with Gasteiger partial charge in [-0.2, -0.15) is 8.42 Å². The molecule has 1 atom stereocenters. The van der Waals surface area contributed by atoms with Crippen LogP contribution in [-0.2, 0) is 14.3 Å². The topological polar surface area (TPSA) is 43.4 Å². The van der Waals surface area contributed by atoms with Crippen LogP contribution in [0.3, 0.4) is 0 Å². The fraction of sp³-hybridized carbons (Fsp3) is 1.00. The number of hydrogen-bond donors (Lipinski definition) is 0. The van der Waals surface area contributed by atoms with E-state index in [9.17, 15) is 8.42 Å². The molecule has 0 spiro atoms. The van der Waals surface area contributed by atoms with Crippen molar-refractivity contribution in [2.75, 3.05) is 0 Å². The summed E-state index contributed by atoms with van der Waals surface area (Å²) < 4.78 is 28.1. The molecule has 0 radical (unpaired) electrons. The first-order valence-corrected chi connectivity index (χ1v) is 6.45. The highest BCUT2D eigenvalue weighted by molar-refractivity contribution is 7.87. The highest BCUT2D eigenvalue weighted by atomic mass is 32.2. The Bertz CT molecular complexity index is 240. The summed E-state index contributed by atoms with van der Waals surface area (Å²) in [6.45, 7) is 3.56. The minimum Gasteiger partial charge on any atom is -0.267 e. The molecule has 3 nitrogen and oxygen atoms in total. The predicted molar refractivity (Wildman–Crippen MR) is 52.0 cm³/mol. The van der Waals surface area contributed by atoms with Gasteiger partial charge < -0.3 is 0 Å². The summed E-state index contributed by atoms with van der Waals surface area (Å²) in [6, 6.07) is 0. The summed E-state index contributed by atoms with van der Waals surface area (Å²) in [5, 5.41) is -0.367. The van der Waals surface area contributed by atoms with Crippen molar-refractivity contribution < 1.29 is 12.6 Å². The van der Waals surface area contributed by atoms with Crippen molar-refractivity contribution in [3.05, 3.63) is 0 Å². The van der Waals surface area contributed by atoms with E-state index in [0.29, 0.717) is 6.42 Å². The van der Waals surface area contributed by atoms with Gasteiger partial charge in [0.15, 0.2) is 0 Å². The molecule has 1 unspecified atom stereocenters. The lowest BCUT2D eigenvalue weighted by Crippen LogP contribution is -2.24. The molecule has 13 heavy (non-hydrogen) atoms. The first kappa shape index (κ1) is 11.0. The zero-order valence-electron chi connectivity index (χ0n) is 8.32. The van der Waals surface area contributed by atoms with E-state index >= 15 is 0 Å². The molecular formula is C9H18O3S. The van der Waals surface area contributed by atoms with Gasteiger partial charge in [0.25, 0.3) is 10.1 Å². The largest absolute Gasteiger partial charge is 0.270 e. The molecule has 1 aliphatic carbocycles. The third-order valence-electron chi connectivity index (χ3n) is 2.64. The molecular weight excluding hydrogens is 188 g/mol. The van der Waals surface area contributed by atoms with Crippen LogP contribution >= 0.6 is 0 Å². The van der Waals surface area contributed by atoms with Crippen molar-refractivity contribution in [3.63, 3.8) is 0 Å². The Morgan fingerprint density at radius 2 is 1.92 bits per heavy atom. The van der Waals surface area contributed by atoms with Crippen LogP contribution in [0.15, 0.2) is 0 Å². The molecule has 0 heterocycles. The maximum absolute atomic E-state index is 11.5. The quantitative estimate of drug-likeness (QED) is 0.661. The van der Waals surface area contributed by atoms with E-state index in [-0.39, 0.29) is 11.4 Å². The molecule has 0 aliphatic heterocycles. The van der Waals surface area contributed by atoms with E-state index in [0.717, 1.165) is 25.7 Å². The normalized spacial score (nSPS) is 22.0. The van der Waals surface area contributed by atoms with Gasteiger partial charge in [-0.1, -0.05) is 19.8 Å². The summed E-state index contributed by atoms with van der Waals surface area (Å²) in [7, 11) is -3.29. The van der Waals surface area contributed by atoms with Crippen LogP contribution in [0.1, 0.15) is 46.0 Å². The average molecular weight is 206 g/mol. The lowest BCUT2D eigenvalue weighted by atomic mass is 10.3. The molecule has 0 bridgehead atoms. The van der Waals surface area contributed by atoms with Gasteiger partial charge >= 0.3 is 0 Å². The highest BCUT2D eigenvalue weighted by Gasteiger charge is 2.26. The Labute approximate surface area is 80.6 Å². The van der Waals surface area contributed by atoms with Gasteiger partial charge in [-0.05, 0) is 26.2 Å². The van der Waals surface area contributed by atoms with E-state index in [1.54, 1.807) is 6.92 Å². The molecule has 1 aliphatic rings. The van der Waals surface area contributed by atoms with Crippen LogP contribution in [0.4, 0.5) is 0 Å². The summed E-state index contributed by atoms with van der Waals surface area (Å²) in [6.07, 6.45) is 4.57. The molecule has 1 fully saturated rings. The standard InChI is InChI=1S/C9H18O3S/c1-3-8(2)13(10,11)12-9-6-4-5-7-9/h8-9H,3-7H2,1-2H3. The summed E-state index contributed by atoms with van der Waals surface area (Å²) in [4.78, 5) is 0. The molecule has 1 rings (SSSR count). The Morgan fingerprint density at radius 1 is 1.38 bits per heavy atom. The minimum atomic E-state index is -3.29. The molecule has 1 saturated carbocycles. The van der Waals surface area contributed by atoms with E-state index in [1.807, 2.05) is 6.92 Å². The molecule has 0 aromatic rings. The Kier molecular flexibility index (Phi) is 3.74. The lowest BCUT2D eigenvalue weighted by Gasteiger charge is -2.14. The van der Waals surface area contributed by atoms with Crippen molar-refractivity contribution in [2.45, 2.75) is 57.3 Å². The second-order valence-corrected chi connectivity index (χ2v) is 5.70. The van der Waals surface area contributed by atoms with Crippen LogP contribution < -0.4 is 0 Å². The van der Waals surface area contributed by atoms with Gasteiger partial charge in [-0.15, -0.1) is 0 Å². The van der Waals surface area contributed by atoms with Gasteiger partial charge in [0.05, 0.1) is 11.4 Å². The fourth-order valence-electron chi connectivity index (χ4n) is 1.47. The van der Waals surface area contributed by atoms with Crippen LogP contribution in [-0.4, -0.2) is 19.8 Å². The van der Waals surface area contributed by atoms with E-state index in [2.05, 4.69) is 0 Å². The molecule has 0 amide bonds. The highest BCUT2D eigenvalue weighted by Crippen LogP contribution is 2.24. The maximum atomic E-state index is 11.5. The third kappa shape index (κ3) is 2.95. The van der Waals surface area contributed by atoms with E-state index in [1.165, 1.54) is 0 Å². The molecule has 78 valence electrons. The first-order chi connectivity index (χ1) is 6.06. The second kappa shape index (κ2) is 4.42. The van der Waals surface area contributed by atoms with Gasteiger partial charge in [-0.25, -0.2) is 0 Å². The van der Waals surface area contributed by atoms with Crippen LogP contribution in [0, 0.1) is 0 Å². The zero-order valence-corrected chi connectivity index (χ0v) is 9.14. The summed E-state index contributed by atoms with van der Waals surface area (Å²) >= 11 is 0. The van der Waals surface area contributed by atoms with Gasteiger partial charge in [0.2, 0.25) is 0 Å². The van der Waals surface area contributed by atoms with Crippen molar-refractivity contribution in [1.29, 1.82) is 0 Å². The lowest BCUT2D eigenvalue weighted by molar-refractivity contribution is 0.214. The number of rotatable bonds is 4. The molecule has 0 saturated heterocycles. The van der Waals surface area contributed by atoms with Crippen molar-refractivity contribution in [1.82, 2.24) is 0 Å². The third-order valence-corrected chi connectivity index (χ3v) is 4.50.